The summed E-state index contributed by atoms with van der Waals surface area (Å²) in [7, 11) is 1.22. The minimum atomic E-state index is -4.30. The smallest absolute Gasteiger partial charge is 0.445 e. The van der Waals surface area contributed by atoms with Crippen LogP contribution in [0, 0.1) is 0 Å². The van der Waals surface area contributed by atoms with Crippen LogP contribution in [-0.4, -0.2) is 84.4 Å². The number of methoxy groups -OCH3 is 1. The molecule has 1 aromatic carbocycles. The number of carbonyl (C=O) groups is 2. The number of carbonyl (C=O) groups excluding carboxylic acids is 2. The van der Waals surface area contributed by atoms with Gasteiger partial charge in [-0.1, -0.05) is 12.2 Å². The molecule has 1 aromatic heterocycles. The van der Waals surface area contributed by atoms with Crippen molar-refractivity contribution in [2.45, 2.75) is 59.0 Å². The zero-order valence-corrected chi connectivity index (χ0v) is 28.6. The van der Waals surface area contributed by atoms with Crippen LogP contribution in [0.5, 0.6) is 5.75 Å². The number of hydrogen-bond donors (Lipinski definition) is 0. The highest BCUT2D eigenvalue weighted by Crippen LogP contribution is 2.52. The number of ether oxygens (including phenoxy) is 3. The minimum absolute atomic E-state index is 0.156. The van der Waals surface area contributed by atoms with Crippen molar-refractivity contribution in [1.29, 1.82) is 0 Å². The molecule has 0 N–H and O–H groups in total. The highest BCUT2D eigenvalue weighted by molar-refractivity contribution is 7.52. The number of esters is 2. The Kier molecular flexibility index (Phi) is 11.9. The molecule has 0 atom stereocenters. The molecule has 0 aliphatic carbocycles. The van der Waals surface area contributed by atoms with Crippen LogP contribution in [0.3, 0.4) is 0 Å². The summed E-state index contributed by atoms with van der Waals surface area (Å²) in [6, 6.07) is 5.66. The Hall–Kier alpha value is -3.83. The maximum Gasteiger partial charge on any atom is 0.445 e. The molecular weight excluding hydrogens is 611 g/mol. The molecular formula is C33H45N4O8P. The first-order valence-electron chi connectivity index (χ1n) is 15.3. The van der Waals surface area contributed by atoms with E-state index >= 15 is 0 Å². The molecule has 3 heterocycles. The highest BCUT2D eigenvalue weighted by Gasteiger charge is 2.33. The van der Waals surface area contributed by atoms with Crippen molar-refractivity contribution in [2.24, 2.45) is 0 Å². The fourth-order valence-corrected chi connectivity index (χ4v) is 6.25. The van der Waals surface area contributed by atoms with Gasteiger partial charge in [0.15, 0.2) is 0 Å². The predicted molar refractivity (Wildman–Crippen MR) is 175 cm³/mol. The van der Waals surface area contributed by atoms with E-state index in [1.165, 1.54) is 4.34 Å². The van der Waals surface area contributed by atoms with Crippen molar-refractivity contribution < 1.29 is 37.4 Å². The molecule has 0 saturated carbocycles. The second kappa shape index (κ2) is 15.6. The lowest BCUT2D eigenvalue weighted by Gasteiger charge is -2.25. The summed E-state index contributed by atoms with van der Waals surface area (Å²) in [6.45, 7) is 7.43. The molecule has 0 saturated heterocycles. The molecule has 0 amide bonds. The Morgan fingerprint density at radius 2 is 1.43 bits per heavy atom. The number of aromatic nitrogens is 1. The monoisotopic (exact) mass is 656 g/mol. The first-order valence-corrected chi connectivity index (χ1v) is 16.8. The molecule has 4 rings (SSSR count). The Bertz CT molecular complexity index is 1510. The van der Waals surface area contributed by atoms with Crippen molar-refractivity contribution >= 4 is 30.6 Å². The van der Waals surface area contributed by atoms with E-state index in [2.05, 4.69) is 0 Å². The third-order valence-electron chi connectivity index (χ3n) is 7.54. The molecule has 2 aliphatic heterocycles. The van der Waals surface area contributed by atoms with Crippen LogP contribution in [0.2, 0.25) is 0 Å². The van der Waals surface area contributed by atoms with E-state index < -0.39 is 33.3 Å². The van der Waals surface area contributed by atoms with E-state index in [0.29, 0.717) is 41.7 Å². The molecule has 2 aliphatic rings. The van der Waals surface area contributed by atoms with Gasteiger partial charge in [-0.3, -0.25) is 13.4 Å². The van der Waals surface area contributed by atoms with Gasteiger partial charge in [-0.25, -0.2) is 14.2 Å². The average Bonchev–Trinajstić information content (AvgIpc) is 3.42. The van der Waals surface area contributed by atoms with E-state index in [4.69, 9.17) is 23.3 Å². The number of nitrogens with zero attached hydrogens (tertiary/aromatic N) is 4. The van der Waals surface area contributed by atoms with E-state index in [1.807, 2.05) is 87.1 Å². The first-order chi connectivity index (χ1) is 21.9. The Balaban J connectivity index is 1.58. The van der Waals surface area contributed by atoms with E-state index in [9.17, 15) is 14.2 Å². The predicted octanol–water partition coefficient (Wildman–Crippen LogP) is 5.77. The van der Waals surface area contributed by atoms with Gasteiger partial charge in [0.25, 0.3) is 0 Å². The number of hydrogen-bond acceptors (Lipinski definition) is 11. The molecule has 13 heteroatoms. The van der Waals surface area contributed by atoms with Crippen molar-refractivity contribution in [3.8, 4) is 5.75 Å². The summed E-state index contributed by atoms with van der Waals surface area (Å²) in [4.78, 5) is 31.7. The SMILES string of the molecule is COc1ccc2c(c1)c(CCN(C)C)cn2P(=O)(OCOC(=O)C1=CN(C(C)C)C=CC1)OCOC(=O)C1=CN(C(C)C)C=CC1. The molecule has 0 fully saturated rings. The molecule has 0 bridgehead atoms. The average molecular weight is 657 g/mol. The summed E-state index contributed by atoms with van der Waals surface area (Å²) in [5.74, 6) is -0.575. The van der Waals surface area contributed by atoms with Gasteiger partial charge in [0, 0.05) is 67.9 Å². The van der Waals surface area contributed by atoms with Crippen LogP contribution in [-0.2, 0) is 39.1 Å². The lowest BCUT2D eigenvalue weighted by molar-refractivity contribution is -0.147. The van der Waals surface area contributed by atoms with Crippen molar-refractivity contribution in [1.82, 2.24) is 19.0 Å². The molecule has 12 nitrogen and oxygen atoms in total. The highest BCUT2D eigenvalue weighted by atomic mass is 31.2. The van der Waals surface area contributed by atoms with Gasteiger partial charge in [0.05, 0.1) is 23.8 Å². The Morgan fingerprint density at radius 3 is 1.91 bits per heavy atom. The van der Waals surface area contributed by atoms with Gasteiger partial charge >= 0.3 is 19.7 Å². The zero-order valence-electron chi connectivity index (χ0n) is 27.7. The lowest BCUT2D eigenvalue weighted by Crippen LogP contribution is -2.24. The minimum Gasteiger partial charge on any atom is -0.497 e. The molecule has 0 radical (unpaired) electrons. The first kappa shape index (κ1) is 35.0. The summed E-state index contributed by atoms with van der Waals surface area (Å²) < 4.78 is 43.7. The summed E-state index contributed by atoms with van der Waals surface area (Å²) in [5, 5.41) is 0.795. The molecule has 250 valence electrons. The van der Waals surface area contributed by atoms with Gasteiger partial charge in [-0.05, 0) is 72.0 Å². The molecule has 46 heavy (non-hydrogen) atoms. The zero-order chi connectivity index (χ0) is 33.4. The topological polar surface area (TPSA) is 112 Å². The van der Waals surface area contributed by atoms with Crippen LogP contribution in [0.25, 0.3) is 10.9 Å². The van der Waals surface area contributed by atoms with Crippen molar-refractivity contribution in [3.63, 3.8) is 0 Å². The summed E-state index contributed by atoms with van der Waals surface area (Å²) in [5.41, 5.74) is 2.29. The van der Waals surface area contributed by atoms with E-state index in [-0.39, 0.29) is 12.1 Å². The van der Waals surface area contributed by atoms with Crippen LogP contribution >= 0.6 is 7.75 Å². The summed E-state index contributed by atoms with van der Waals surface area (Å²) in [6.07, 6.45) is 14.1. The van der Waals surface area contributed by atoms with Gasteiger partial charge in [-0.2, -0.15) is 0 Å². The van der Waals surface area contributed by atoms with Crippen LogP contribution in [0.4, 0.5) is 0 Å². The summed E-state index contributed by atoms with van der Waals surface area (Å²) >= 11 is 0. The fraction of sp³-hybridized carbons (Fsp3) is 0.455. The van der Waals surface area contributed by atoms with Gasteiger partial charge in [0.2, 0.25) is 13.6 Å². The maximum absolute atomic E-state index is 14.6. The fourth-order valence-electron chi connectivity index (χ4n) is 4.84. The standard InChI is InChI=1S/C33H45N4O8P/c1-24(2)35-15-8-10-27(19-35)32(38)42-22-44-46(40,45-23-43-33(39)28-11-9-16-36(20-28)25(3)4)37-21-26(14-17-34(5)6)30-18-29(41-7)12-13-31(30)37/h8-9,12-13,15-16,18-21,24-25H,10-11,14,17,22-23H2,1-7H3. The lowest BCUT2D eigenvalue weighted by atomic mass is 10.1. The number of rotatable bonds is 15. The number of benzene rings is 1. The van der Waals surface area contributed by atoms with Crippen LogP contribution in [0.1, 0.15) is 46.1 Å². The van der Waals surface area contributed by atoms with E-state index in [0.717, 1.165) is 17.5 Å². The van der Waals surface area contributed by atoms with Gasteiger partial charge in [-0.15, -0.1) is 0 Å². The second-order valence-corrected chi connectivity index (χ2v) is 13.7. The maximum atomic E-state index is 14.6. The number of allylic oxidation sites excluding steroid dienone is 2. The molecule has 0 spiro atoms. The van der Waals surface area contributed by atoms with Gasteiger partial charge in [0.1, 0.15) is 5.75 Å². The normalized spacial score (nSPS) is 15.2. The third-order valence-corrected chi connectivity index (χ3v) is 9.26. The number of fused-ring (bicyclic) bond motifs is 1. The molecule has 2 aromatic rings. The Labute approximate surface area is 271 Å². The van der Waals surface area contributed by atoms with E-state index in [1.54, 1.807) is 37.8 Å². The van der Waals surface area contributed by atoms with Crippen molar-refractivity contribution in [2.75, 3.05) is 41.3 Å². The van der Waals surface area contributed by atoms with Crippen molar-refractivity contribution in [3.05, 3.63) is 78.1 Å². The second-order valence-electron chi connectivity index (χ2n) is 11.8. The van der Waals surface area contributed by atoms with Crippen LogP contribution < -0.4 is 4.74 Å². The van der Waals surface area contributed by atoms with Gasteiger partial charge < -0.3 is 28.9 Å². The largest absolute Gasteiger partial charge is 0.497 e. The quantitative estimate of drug-likeness (QED) is 0.132. The van der Waals surface area contributed by atoms with Crippen LogP contribution in [0.15, 0.2) is 72.5 Å². The third kappa shape index (κ3) is 8.70. The number of likely N-dealkylation sites (N-methyl/N-ethyl adjacent to an activating group) is 1. The molecule has 0 unspecified atom stereocenters. The Morgan fingerprint density at radius 1 is 0.891 bits per heavy atom.